The molecule has 1 aromatic carbocycles. The Labute approximate surface area is 147 Å². The van der Waals surface area contributed by atoms with Gasteiger partial charge in [0.15, 0.2) is 0 Å². The number of carbonyl (C=O) groups excluding carboxylic acids is 1. The quantitative estimate of drug-likeness (QED) is 0.865. The van der Waals surface area contributed by atoms with Crippen molar-refractivity contribution in [2.45, 2.75) is 25.7 Å². The molecular formula is C17H23ClN4O2. The van der Waals surface area contributed by atoms with E-state index in [9.17, 15) is 4.79 Å². The first-order chi connectivity index (χ1) is 11.2. The molecule has 1 aromatic heterocycles. The van der Waals surface area contributed by atoms with Crippen molar-refractivity contribution in [1.82, 2.24) is 20.8 Å². The predicted octanol–water partition coefficient (Wildman–Crippen LogP) is 2.38. The van der Waals surface area contributed by atoms with Gasteiger partial charge < -0.3 is 15.2 Å². The SMILES string of the molecule is CC(CNC(=O)C1CCNCC1)c1nc(-c2ccccc2)no1.Cl. The average molecular weight is 351 g/mol. The number of nitrogens with zero attached hydrogens (tertiary/aromatic N) is 2. The normalized spacial score (nSPS) is 16.2. The van der Waals surface area contributed by atoms with E-state index in [0.717, 1.165) is 31.5 Å². The number of hydrogen-bond acceptors (Lipinski definition) is 5. The fourth-order valence-corrected chi connectivity index (χ4v) is 2.71. The molecule has 1 atom stereocenters. The van der Waals surface area contributed by atoms with E-state index in [-0.39, 0.29) is 30.2 Å². The minimum Gasteiger partial charge on any atom is -0.355 e. The van der Waals surface area contributed by atoms with Crippen LogP contribution in [0.3, 0.4) is 0 Å². The first kappa shape index (κ1) is 18.4. The summed E-state index contributed by atoms with van der Waals surface area (Å²) in [5.41, 5.74) is 0.924. The van der Waals surface area contributed by atoms with Crippen LogP contribution in [0.2, 0.25) is 0 Å². The van der Waals surface area contributed by atoms with Gasteiger partial charge in [0, 0.05) is 18.0 Å². The maximum Gasteiger partial charge on any atom is 0.231 e. The van der Waals surface area contributed by atoms with Crippen LogP contribution in [-0.2, 0) is 4.79 Å². The molecule has 6 nitrogen and oxygen atoms in total. The molecule has 2 aromatic rings. The van der Waals surface area contributed by atoms with Crippen LogP contribution in [-0.4, -0.2) is 35.7 Å². The minimum absolute atomic E-state index is 0. The molecule has 0 aliphatic carbocycles. The van der Waals surface area contributed by atoms with Gasteiger partial charge in [-0.1, -0.05) is 42.4 Å². The van der Waals surface area contributed by atoms with Crippen LogP contribution in [0.1, 0.15) is 31.6 Å². The number of carbonyl (C=O) groups is 1. The minimum atomic E-state index is -0.00868. The van der Waals surface area contributed by atoms with Gasteiger partial charge >= 0.3 is 0 Å². The second kappa shape index (κ2) is 8.80. The van der Waals surface area contributed by atoms with Gasteiger partial charge in [0.05, 0.1) is 5.92 Å². The van der Waals surface area contributed by atoms with Gasteiger partial charge in [0.25, 0.3) is 0 Å². The van der Waals surface area contributed by atoms with Gasteiger partial charge in [-0.15, -0.1) is 12.4 Å². The molecule has 1 amide bonds. The zero-order valence-electron chi connectivity index (χ0n) is 13.7. The first-order valence-electron chi connectivity index (χ1n) is 8.11. The van der Waals surface area contributed by atoms with Gasteiger partial charge in [-0.3, -0.25) is 4.79 Å². The summed E-state index contributed by atoms with van der Waals surface area (Å²) in [5.74, 6) is 1.37. The standard InChI is InChI=1S/C17H22N4O2.ClH/c1-12(11-19-16(22)14-7-9-18-10-8-14)17-20-15(21-23-17)13-5-3-2-4-6-13;/h2-6,12,14,18H,7-11H2,1H3,(H,19,22);1H. The Morgan fingerprint density at radius 1 is 1.33 bits per heavy atom. The van der Waals surface area contributed by atoms with Gasteiger partial charge in [-0.2, -0.15) is 4.98 Å². The number of hydrogen-bond donors (Lipinski definition) is 2. The van der Waals surface area contributed by atoms with E-state index in [4.69, 9.17) is 4.52 Å². The number of rotatable bonds is 5. The van der Waals surface area contributed by atoms with Crippen LogP contribution in [0.5, 0.6) is 0 Å². The van der Waals surface area contributed by atoms with Crippen LogP contribution >= 0.6 is 12.4 Å². The Hall–Kier alpha value is -1.92. The summed E-state index contributed by atoms with van der Waals surface area (Å²) in [6.07, 6.45) is 1.80. The highest BCUT2D eigenvalue weighted by molar-refractivity contribution is 5.85. The molecule has 1 aliphatic heterocycles. The van der Waals surface area contributed by atoms with E-state index in [1.54, 1.807) is 0 Å². The lowest BCUT2D eigenvalue weighted by atomic mass is 9.97. The summed E-state index contributed by atoms with van der Waals surface area (Å²) in [4.78, 5) is 16.6. The van der Waals surface area contributed by atoms with Crippen molar-refractivity contribution < 1.29 is 9.32 Å². The number of amides is 1. The Balaban J connectivity index is 0.00000208. The Morgan fingerprint density at radius 2 is 2.04 bits per heavy atom. The maximum absolute atomic E-state index is 12.2. The predicted molar refractivity (Wildman–Crippen MR) is 94.0 cm³/mol. The smallest absolute Gasteiger partial charge is 0.231 e. The second-order valence-corrected chi connectivity index (χ2v) is 5.99. The monoisotopic (exact) mass is 350 g/mol. The lowest BCUT2D eigenvalue weighted by Gasteiger charge is -2.22. The highest BCUT2D eigenvalue weighted by Gasteiger charge is 2.22. The summed E-state index contributed by atoms with van der Waals surface area (Å²) >= 11 is 0. The number of nitrogens with one attached hydrogen (secondary N) is 2. The van der Waals surface area contributed by atoms with E-state index in [1.165, 1.54) is 0 Å². The van der Waals surface area contributed by atoms with Gasteiger partial charge in [0.2, 0.25) is 17.6 Å². The lowest BCUT2D eigenvalue weighted by Crippen LogP contribution is -2.39. The first-order valence-corrected chi connectivity index (χ1v) is 8.11. The molecule has 1 aliphatic rings. The van der Waals surface area contributed by atoms with Crippen molar-refractivity contribution in [2.75, 3.05) is 19.6 Å². The van der Waals surface area contributed by atoms with Gasteiger partial charge in [-0.05, 0) is 25.9 Å². The number of halogens is 1. The summed E-state index contributed by atoms with van der Waals surface area (Å²) in [6.45, 7) is 4.32. The lowest BCUT2D eigenvalue weighted by molar-refractivity contribution is -0.125. The molecule has 3 rings (SSSR count). The van der Waals surface area contributed by atoms with Crippen LogP contribution < -0.4 is 10.6 Å². The van der Waals surface area contributed by atoms with Crippen molar-refractivity contribution in [3.8, 4) is 11.4 Å². The largest absolute Gasteiger partial charge is 0.355 e. The van der Waals surface area contributed by atoms with E-state index in [1.807, 2.05) is 37.3 Å². The highest BCUT2D eigenvalue weighted by Crippen LogP contribution is 2.19. The van der Waals surface area contributed by atoms with Crippen LogP contribution in [0.4, 0.5) is 0 Å². The molecule has 130 valence electrons. The van der Waals surface area contributed by atoms with Crippen molar-refractivity contribution in [3.63, 3.8) is 0 Å². The summed E-state index contributed by atoms with van der Waals surface area (Å²) in [5, 5.41) is 10.3. The molecular weight excluding hydrogens is 328 g/mol. The van der Waals surface area contributed by atoms with Crippen LogP contribution in [0.25, 0.3) is 11.4 Å². The number of benzene rings is 1. The molecule has 7 heteroatoms. The molecule has 1 fully saturated rings. The molecule has 1 unspecified atom stereocenters. The van der Waals surface area contributed by atoms with Crippen LogP contribution in [0.15, 0.2) is 34.9 Å². The zero-order valence-corrected chi connectivity index (χ0v) is 14.5. The average Bonchev–Trinajstić information content (AvgIpc) is 3.11. The van der Waals surface area contributed by atoms with Gasteiger partial charge in [-0.25, -0.2) is 0 Å². The van der Waals surface area contributed by atoms with Crippen molar-refractivity contribution in [3.05, 3.63) is 36.2 Å². The Bertz CT molecular complexity index is 641. The summed E-state index contributed by atoms with van der Waals surface area (Å²) in [6, 6.07) is 9.71. The van der Waals surface area contributed by atoms with E-state index < -0.39 is 0 Å². The summed E-state index contributed by atoms with van der Waals surface area (Å²) < 4.78 is 5.34. The van der Waals surface area contributed by atoms with E-state index in [2.05, 4.69) is 20.8 Å². The molecule has 24 heavy (non-hydrogen) atoms. The third-order valence-electron chi connectivity index (χ3n) is 4.19. The van der Waals surface area contributed by atoms with E-state index >= 15 is 0 Å². The fraction of sp³-hybridized carbons (Fsp3) is 0.471. The third-order valence-corrected chi connectivity index (χ3v) is 4.19. The van der Waals surface area contributed by atoms with Crippen molar-refractivity contribution >= 4 is 18.3 Å². The second-order valence-electron chi connectivity index (χ2n) is 5.99. The highest BCUT2D eigenvalue weighted by atomic mass is 35.5. The van der Waals surface area contributed by atoms with Gasteiger partial charge in [0.1, 0.15) is 0 Å². The topological polar surface area (TPSA) is 80.0 Å². The molecule has 0 bridgehead atoms. The molecule has 2 heterocycles. The van der Waals surface area contributed by atoms with Crippen molar-refractivity contribution in [1.29, 1.82) is 0 Å². The Morgan fingerprint density at radius 3 is 2.75 bits per heavy atom. The van der Waals surface area contributed by atoms with Crippen molar-refractivity contribution in [2.24, 2.45) is 5.92 Å². The molecule has 0 saturated carbocycles. The fourth-order valence-electron chi connectivity index (χ4n) is 2.71. The molecule has 2 N–H and O–H groups in total. The molecule has 1 saturated heterocycles. The zero-order chi connectivity index (χ0) is 16.1. The van der Waals surface area contributed by atoms with E-state index in [0.29, 0.717) is 18.3 Å². The summed E-state index contributed by atoms with van der Waals surface area (Å²) in [7, 11) is 0. The Kier molecular flexibility index (Phi) is 6.75. The van der Waals surface area contributed by atoms with Crippen LogP contribution in [0, 0.1) is 5.92 Å². The number of piperidine rings is 1. The number of aromatic nitrogens is 2. The third kappa shape index (κ3) is 4.55. The molecule has 0 spiro atoms. The maximum atomic E-state index is 12.2. The molecule has 0 radical (unpaired) electrons.